The number of carbonyl (C=O) groups excluding carboxylic acids is 2. The highest BCUT2D eigenvalue weighted by atomic mass is 32.2. The summed E-state index contributed by atoms with van der Waals surface area (Å²) in [7, 11) is 1.34. The van der Waals surface area contributed by atoms with Gasteiger partial charge in [-0.05, 0) is 17.9 Å². The van der Waals surface area contributed by atoms with Gasteiger partial charge >= 0.3 is 5.97 Å². The first-order valence-electron chi connectivity index (χ1n) is 8.18. The summed E-state index contributed by atoms with van der Waals surface area (Å²) in [5.74, 6) is 0.382. The van der Waals surface area contributed by atoms with Crippen LogP contribution in [-0.2, 0) is 16.0 Å². The van der Waals surface area contributed by atoms with Crippen molar-refractivity contribution in [2.75, 3.05) is 12.9 Å². The molecule has 2 heterocycles. The van der Waals surface area contributed by atoms with Gasteiger partial charge in [0.25, 0.3) is 5.78 Å². The second-order valence-electron chi connectivity index (χ2n) is 6.03. The minimum Gasteiger partial charge on any atom is -0.468 e. The third-order valence-electron chi connectivity index (χ3n) is 4.44. The van der Waals surface area contributed by atoms with Gasteiger partial charge in [-0.25, -0.2) is 4.98 Å². The Hall–Kier alpha value is -2.74. The number of carbonyl (C=O) groups is 2. The number of ketones is 1. The Morgan fingerprint density at radius 1 is 1.31 bits per heavy atom. The molecule has 1 aromatic carbocycles. The Labute approximate surface area is 153 Å². The van der Waals surface area contributed by atoms with Crippen LogP contribution in [0.1, 0.15) is 34.0 Å². The molecule has 0 saturated carbocycles. The molecule has 3 aromatic rings. The quantitative estimate of drug-likeness (QED) is 0.516. The molecule has 1 aliphatic rings. The van der Waals surface area contributed by atoms with E-state index in [1.807, 2.05) is 30.3 Å². The minimum absolute atomic E-state index is 0.0637. The van der Waals surface area contributed by atoms with Crippen LogP contribution in [0.2, 0.25) is 0 Å². The van der Waals surface area contributed by atoms with Crippen LogP contribution in [0.25, 0.3) is 5.78 Å². The molecule has 26 heavy (non-hydrogen) atoms. The van der Waals surface area contributed by atoms with E-state index in [1.165, 1.54) is 18.9 Å². The molecule has 4 rings (SSSR count). The SMILES string of the molecule is COC(=O)CSc1nc2ncc3c(n2n1)CC(c1ccccc1)CC3=O. The average molecular weight is 368 g/mol. The van der Waals surface area contributed by atoms with Crippen LogP contribution in [0.5, 0.6) is 0 Å². The van der Waals surface area contributed by atoms with Crippen molar-refractivity contribution in [3.8, 4) is 0 Å². The molecule has 0 spiro atoms. The summed E-state index contributed by atoms with van der Waals surface area (Å²) >= 11 is 1.18. The number of benzene rings is 1. The zero-order valence-corrected chi connectivity index (χ0v) is 14.9. The Balaban J connectivity index is 1.69. The van der Waals surface area contributed by atoms with E-state index in [0.717, 1.165) is 11.3 Å². The van der Waals surface area contributed by atoms with Gasteiger partial charge in [-0.15, -0.1) is 5.10 Å². The lowest BCUT2D eigenvalue weighted by Gasteiger charge is -2.23. The van der Waals surface area contributed by atoms with Crippen molar-refractivity contribution in [1.82, 2.24) is 19.6 Å². The van der Waals surface area contributed by atoms with Crippen molar-refractivity contribution in [3.63, 3.8) is 0 Å². The minimum atomic E-state index is -0.344. The molecule has 0 bridgehead atoms. The maximum atomic E-state index is 12.6. The zero-order chi connectivity index (χ0) is 18.1. The highest BCUT2D eigenvalue weighted by Crippen LogP contribution is 2.32. The molecule has 0 fully saturated rings. The second kappa shape index (κ2) is 6.87. The van der Waals surface area contributed by atoms with Crippen LogP contribution in [-0.4, -0.2) is 44.2 Å². The summed E-state index contributed by atoms with van der Waals surface area (Å²) in [6.07, 6.45) is 2.73. The number of methoxy groups -OCH3 is 1. The van der Waals surface area contributed by atoms with Crippen LogP contribution >= 0.6 is 11.8 Å². The molecule has 7 nitrogen and oxygen atoms in total. The number of fused-ring (bicyclic) bond motifs is 3. The van der Waals surface area contributed by atoms with E-state index in [0.29, 0.717) is 29.3 Å². The normalized spacial score (nSPS) is 16.5. The molecule has 132 valence electrons. The largest absolute Gasteiger partial charge is 0.468 e. The smallest absolute Gasteiger partial charge is 0.316 e. The Bertz CT molecular complexity index is 987. The molecule has 0 amide bonds. The summed E-state index contributed by atoms with van der Waals surface area (Å²) < 4.78 is 6.26. The number of nitrogens with zero attached hydrogens (tertiary/aromatic N) is 4. The van der Waals surface area contributed by atoms with E-state index in [1.54, 1.807) is 10.7 Å². The molecule has 0 radical (unpaired) electrons. The van der Waals surface area contributed by atoms with Crippen molar-refractivity contribution >= 4 is 29.3 Å². The number of ether oxygens (including phenoxy) is 1. The summed E-state index contributed by atoms with van der Waals surface area (Å²) in [6, 6.07) is 10.0. The van der Waals surface area contributed by atoms with Crippen LogP contribution in [0.4, 0.5) is 0 Å². The molecule has 8 heteroatoms. The highest BCUT2D eigenvalue weighted by molar-refractivity contribution is 7.99. The second-order valence-corrected chi connectivity index (χ2v) is 6.97. The van der Waals surface area contributed by atoms with Gasteiger partial charge < -0.3 is 4.74 Å². The third-order valence-corrected chi connectivity index (χ3v) is 5.25. The molecule has 1 atom stereocenters. The predicted octanol–water partition coefficient (Wildman–Crippen LogP) is 2.30. The van der Waals surface area contributed by atoms with Crippen LogP contribution in [0, 0.1) is 0 Å². The van der Waals surface area contributed by atoms with Gasteiger partial charge in [0.1, 0.15) is 0 Å². The Kier molecular flexibility index (Phi) is 4.42. The van der Waals surface area contributed by atoms with Gasteiger partial charge in [0.15, 0.2) is 5.78 Å². The summed E-state index contributed by atoms with van der Waals surface area (Å²) in [4.78, 5) is 32.5. The number of thioether (sulfide) groups is 1. The van der Waals surface area contributed by atoms with Gasteiger partial charge in [0.05, 0.1) is 24.1 Å². The fraction of sp³-hybridized carbons (Fsp3) is 0.278. The molecule has 0 aliphatic heterocycles. The first-order chi connectivity index (χ1) is 12.7. The Morgan fingerprint density at radius 2 is 2.12 bits per heavy atom. The van der Waals surface area contributed by atoms with Crippen molar-refractivity contribution in [2.24, 2.45) is 0 Å². The van der Waals surface area contributed by atoms with E-state index in [-0.39, 0.29) is 23.4 Å². The maximum absolute atomic E-state index is 12.6. The fourth-order valence-corrected chi connectivity index (χ4v) is 3.78. The first-order valence-corrected chi connectivity index (χ1v) is 9.16. The highest BCUT2D eigenvalue weighted by Gasteiger charge is 2.29. The summed E-state index contributed by atoms with van der Waals surface area (Å²) in [5, 5.41) is 4.88. The zero-order valence-electron chi connectivity index (χ0n) is 14.1. The number of Topliss-reactive ketones (excluding diaryl/α,β-unsaturated/α-hetero) is 1. The number of hydrogen-bond acceptors (Lipinski definition) is 7. The fourth-order valence-electron chi connectivity index (χ4n) is 3.13. The van der Waals surface area contributed by atoms with Gasteiger partial charge in [0, 0.05) is 12.6 Å². The van der Waals surface area contributed by atoms with Gasteiger partial charge in [-0.1, -0.05) is 42.1 Å². The van der Waals surface area contributed by atoms with E-state index in [9.17, 15) is 9.59 Å². The van der Waals surface area contributed by atoms with E-state index >= 15 is 0 Å². The topological polar surface area (TPSA) is 86.4 Å². The molecule has 1 unspecified atom stereocenters. The summed E-state index contributed by atoms with van der Waals surface area (Å²) in [5.41, 5.74) is 2.55. The lowest BCUT2D eigenvalue weighted by molar-refractivity contribution is -0.137. The van der Waals surface area contributed by atoms with Crippen molar-refractivity contribution in [3.05, 3.63) is 53.3 Å². The van der Waals surface area contributed by atoms with Crippen LogP contribution in [0.3, 0.4) is 0 Å². The van der Waals surface area contributed by atoms with Crippen LogP contribution < -0.4 is 0 Å². The summed E-state index contributed by atoms with van der Waals surface area (Å²) in [6.45, 7) is 0. The monoisotopic (exact) mass is 368 g/mol. The van der Waals surface area contributed by atoms with Crippen molar-refractivity contribution in [2.45, 2.75) is 23.9 Å². The van der Waals surface area contributed by atoms with E-state index in [2.05, 4.69) is 19.8 Å². The van der Waals surface area contributed by atoms with Crippen LogP contribution in [0.15, 0.2) is 41.7 Å². The van der Waals surface area contributed by atoms with Gasteiger partial charge in [-0.3, -0.25) is 9.59 Å². The number of hydrogen-bond donors (Lipinski definition) is 0. The average Bonchev–Trinajstić information content (AvgIpc) is 3.10. The van der Waals surface area contributed by atoms with Crippen molar-refractivity contribution < 1.29 is 14.3 Å². The number of rotatable bonds is 4. The number of esters is 1. The molecular weight excluding hydrogens is 352 g/mol. The predicted molar refractivity (Wildman–Crippen MR) is 95.4 cm³/mol. The first kappa shape index (κ1) is 16.7. The molecule has 0 saturated heterocycles. The van der Waals surface area contributed by atoms with Crippen molar-refractivity contribution in [1.29, 1.82) is 0 Å². The van der Waals surface area contributed by atoms with E-state index < -0.39 is 0 Å². The lowest BCUT2D eigenvalue weighted by Crippen LogP contribution is -2.22. The van der Waals surface area contributed by atoms with Gasteiger partial charge in [0.2, 0.25) is 5.16 Å². The third kappa shape index (κ3) is 3.08. The Morgan fingerprint density at radius 3 is 2.88 bits per heavy atom. The lowest BCUT2D eigenvalue weighted by atomic mass is 9.82. The molecule has 1 aliphatic carbocycles. The van der Waals surface area contributed by atoms with E-state index in [4.69, 9.17) is 0 Å². The van der Waals surface area contributed by atoms with Gasteiger partial charge in [-0.2, -0.15) is 9.50 Å². The standard InChI is InChI=1S/C18H16N4O3S/c1-25-16(24)10-26-18-20-17-19-9-13-14(22(17)21-18)7-12(8-15(13)23)11-5-3-2-4-6-11/h2-6,9,12H,7-8,10H2,1H3. The molecule has 2 aromatic heterocycles. The maximum Gasteiger partial charge on any atom is 0.316 e. The number of aromatic nitrogens is 4. The molecular formula is C18H16N4O3S. The molecule has 0 N–H and O–H groups in total.